The number of carbonyl (C=O) groups is 1. The van der Waals surface area contributed by atoms with Gasteiger partial charge in [-0.15, -0.1) is 0 Å². The minimum atomic E-state index is -0.921. The number of nitrogens with zero attached hydrogens (tertiary/aromatic N) is 2. The molecule has 0 fully saturated rings. The molecule has 0 radical (unpaired) electrons. The third-order valence-electron chi connectivity index (χ3n) is 2.20. The number of nitroso groups, excluding NO2 is 1. The van der Waals surface area contributed by atoms with Gasteiger partial charge >= 0.3 is 0 Å². The van der Waals surface area contributed by atoms with Gasteiger partial charge in [-0.3, -0.25) is 4.79 Å². The van der Waals surface area contributed by atoms with Crippen LogP contribution in [0.1, 0.15) is 27.7 Å². The summed E-state index contributed by atoms with van der Waals surface area (Å²) >= 11 is 0. The summed E-state index contributed by atoms with van der Waals surface area (Å²) in [6.07, 6.45) is 0. The maximum Gasteiger partial charge on any atom is 0.298 e. The van der Waals surface area contributed by atoms with Crippen LogP contribution >= 0.6 is 0 Å². The van der Waals surface area contributed by atoms with E-state index in [1.807, 2.05) is 0 Å². The average Bonchev–Trinajstić information content (AvgIpc) is 2.11. The van der Waals surface area contributed by atoms with Crippen molar-refractivity contribution in [1.82, 2.24) is 0 Å². The number of carbonyl (C=O) groups excluding carboxylic acids is 1. The fourth-order valence-electron chi connectivity index (χ4n) is 1.59. The fourth-order valence-corrected chi connectivity index (χ4v) is 1.59. The molecule has 13 heavy (non-hydrogen) atoms. The van der Waals surface area contributed by atoms with E-state index in [0.29, 0.717) is 0 Å². The third kappa shape index (κ3) is 1.24. The molecule has 1 amide bonds. The van der Waals surface area contributed by atoms with Crippen LogP contribution in [0.5, 0.6) is 0 Å². The van der Waals surface area contributed by atoms with Crippen LogP contribution < -0.4 is 5.73 Å². The summed E-state index contributed by atoms with van der Waals surface area (Å²) in [6.45, 7) is 6.58. The Labute approximate surface area is 76.6 Å². The van der Waals surface area contributed by atoms with Crippen molar-refractivity contribution in [2.24, 2.45) is 10.7 Å². The zero-order chi connectivity index (χ0) is 10.4. The van der Waals surface area contributed by atoms with Crippen molar-refractivity contribution in [3.8, 4) is 0 Å². The molecule has 1 aliphatic rings. The van der Waals surface area contributed by atoms with Crippen LogP contribution in [-0.4, -0.2) is 27.6 Å². The quantitative estimate of drug-likeness (QED) is 0.592. The van der Waals surface area contributed by atoms with Crippen molar-refractivity contribution < 1.29 is 9.55 Å². The Balaban J connectivity index is 3.25. The Morgan fingerprint density at radius 3 is 2.00 bits per heavy atom. The van der Waals surface area contributed by atoms with Crippen LogP contribution in [0.4, 0.5) is 0 Å². The Bertz CT molecular complexity index is 315. The van der Waals surface area contributed by atoms with Gasteiger partial charge in [-0.2, -0.15) is 0 Å². The van der Waals surface area contributed by atoms with Gasteiger partial charge in [0.05, 0.1) is 0 Å². The Kier molecular flexibility index (Phi) is 1.79. The molecule has 72 valence electrons. The molecule has 1 rings (SSSR count). The van der Waals surface area contributed by atoms with Crippen molar-refractivity contribution in [3.05, 3.63) is 4.91 Å². The van der Waals surface area contributed by atoms with E-state index in [4.69, 9.17) is 5.73 Å². The molecule has 0 aliphatic carbocycles. The first-order chi connectivity index (χ1) is 5.69. The van der Waals surface area contributed by atoms with Crippen LogP contribution in [0.3, 0.4) is 0 Å². The maximum atomic E-state index is 11.7. The van der Waals surface area contributed by atoms with Gasteiger partial charge in [-0.1, -0.05) is 0 Å². The van der Waals surface area contributed by atoms with Crippen LogP contribution in [0.15, 0.2) is 4.99 Å². The smallest absolute Gasteiger partial charge is 0.298 e. The van der Waals surface area contributed by atoms with Gasteiger partial charge in [-0.05, 0) is 0 Å². The van der Waals surface area contributed by atoms with E-state index in [1.54, 1.807) is 27.7 Å². The van der Waals surface area contributed by atoms with E-state index in [1.165, 1.54) is 0 Å². The maximum absolute atomic E-state index is 11.7. The lowest BCUT2D eigenvalue weighted by atomic mass is 9.98. The number of hydrogen-bond acceptors (Lipinski definition) is 3. The molecule has 5 heteroatoms. The SMILES string of the molecule is CC1(C)N=C(C(N)=O)C(C)(C)[N+]1=O. The molecule has 0 atom stereocenters. The van der Waals surface area contributed by atoms with Crippen molar-refractivity contribution in [1.29, 1.82) is 0 Å². The fraction of sp³-hybridized carbons (Fsp3) is 0.750. The standard InChI is InChI=1S/C8H13N3O2/c1-7(2)5(6(9)12)10-8(3,4)11(7)13/h1-4H3,(H-,9,12)/p+1. The highest BCUT2D eigenvalue weighted by Crippen LogP contribution is 2.29. The second-order valence-corrected chi connectivity index (χ2v) is 4.17. The molecule has 0 spiro atoms. The highest BCUT2D eigenvalue weighted by Gasteiger charge is 2.58. The first-order valence-electron chi connectivity index (χ1n) is 4.07. The molecule has 0 aromatic heterocycles. The number of rotatable bonds is 1. The van der Waals surface area contributed by atoms with E-state index in [0.717, 1.165) is 4.76 Å². The first kappa shape index (κ1) is 9.83. The number of aliphatic imine (C=N–C) groups is 1. The predicted molar refractivity (Wildman–Crippen MR) is 48.4 cm³/mol. The number of primary amides is 1. The summed E-state index contributed by atoms with van der Waals surface area (Å²) in [4.78, 5) is 26.6. The lowest BCUT2D eigenvalue weighted by Gasteiger charge is -2.12. The highest BCUT2D eigenvalue weighted by atomic mass is 16.3. The van der Waals surface area contributed by atoms with Gasteiger partial charge in [-0.25, -0.2) is 4.99 Å². The first-order valence-corrected chi connectivity index (χ1v) is 4.07. The van der Waals surface area contributed by atoms with Gasteiger partial charge in [0.15, 0.2) is 5.71 Å². The minimum Gasteiger partial charge on any atom is -0.364 e. The van der Waals surface area contributed by atoms with Gasteiger partial charge in [0.2, 0.25) is 0 Å². The number of hydrogen-bond donors (Lipinski definition) is 1. The molecule has 0 unspecified atom stereocenters. The lowest BCUT2D eigenvalue weighted by molar-refractivity contribution is -0.653. The average molecular weight is 184 g/mol. The van der Waals surface area contributed by atoms with Gasteiger partial charge in [0, 0.05) is 37.4 Å². The van der Waals surface area contributed by atoms with E-state index >= 15 is 0 Å². The summed E-state index contributed by atoms with van der Waals surface area (Å²) in [5, 5.41) is 0. The second kappa shape index (κ2) is 2.37. The summed E-state index contributed by atoms with van der Waals surface area (Å²) in [6, 6.07) is 0. The molecule has 0 aromatic rings. The Morgan fingerprint density at radius 2 is 1.85 bits per heavy atom. The summed E-state index contributed by atoms with van der Waals surface area (Å²) < 4.78 is 0.792. The molecule has 0 saturated carbocycles. The van der Waals surface area contributed by atoms with Gasteiger partial charge in [0.1, 0.15) is 0 Å². The molecule has 5 nitrogen and oxygen atoms in total. The van der Waals surface area contributed by atoms with Gasteiger partial charge < -0.3 is 5.73 Å². The molecule has 0 bridgehead atoms. The van der Waals surface area contributed by atoms with E-state index in [9.17, 15) is 9.70 Å². The van der Waals surface area contributed by atoms with E-state index in [2.05, 4.69) is 4.99 Å². The van der Waals surface area contributed by atoms with Crippen molar-refractivity contribution in [2.75, 3.05) is 0 Å². The topological polar surface area (TPSA) is 75.5 Å². The monoisotopic (exact) mass is 184 g/mol. The molecule has 2 N–H and O–H groups in total. The van der Waals surface area contributed by atoms with Crippen molar-refractivity contribution in [3.63, 3.8) is 0 Å². The zero-order valence-corrected chi connectivity index (χ0v) is 8.29. The van der Waals surface area contributed by atoms with Gasteiger partial charge in [0.25, 0.3) is 17.1 Å². The van der Waals surface area contributed by atoms with Crippen molar-refractivity contribution in [2.45, 2.75) is 38.9 Å². The van der Waals surface area contributed by atoms with Crippen LogP contribution in [0.2, 0.25) is 0 Å². The third-order valence-corrected chi connectivity index (χ3v) is 2.20. The van der Waals surface area contributed by atoms with E-state index in [-0.39, 0.29) is 5.71 Å². The van der Waals surface area contributed by atoms with Crippen molar-refractivity contribution >= 4 is 11.6 Å². The summed E-state index contributed by atoms with van der Waals surface area (Å²) in [5.74, 6) is -0.628. The minimum absolute atomic E-state index is 0.146. The summed E-state index contributed by atoms with van der Waals surface area (Å²) in [5.41, 5.74) is 3.45. The predicted octanol–water partition coefficient (Wildman–Crippen LogP) is 0.220. The summed E-state index contributed by atoms with van der Waals surface area (Å²) in [7, 11) is 0. The molecule has 1 aliphatic heterocycles. The van der Waals surface area contributed by atoms with E-state index < -0.39 is 17.1 Å². The molecule has 1 heterocycles. The molecule has 0 aromatic carbocycles. The number of nitrogens with two attached hydrogens (primary N) is 1. The Hall–Kier alpha value is -1.26. The van der Waals surface area contributed by atoms with Crippen LogP contribution in [0.25, 0.3) is 0 Å². The Morgan fingerprint density at radius 1 is 1.38 bits per heavy atom. The largest absolute Gasteiger partial charge is 0.364 e. The second-order valence-electron chi connectivity index (χ2n) is 4.17. The number of amides is 1. The van der Waals surface area contributed by atoms with Crippen LogP contribution in [-0.2, 0) is 4.79 Å². The highest BCUT2D eigenvalue weighted by molar-refractivity contribution is 6.41. The zero-order valence-electron chi connectivity index (χ0n) is 8.29. The normalized spacial score (nSPS) is 24.3. The lowest BCUT2D eigenvalue weighted by Crippen LogP contribution is -2.47. The molecule has 0 saturated heterocycles. The van der Waals surface area contributed by atoms with Crippen LogP contribution in [0, 0.1) is 4.91 Å². The molecular weight excluding hydrogens is 170 g/mol. The molecular formula is C8H14N3O2+.